The van der Waals surface area contributed by atoms with E-state index in [9.17, 15) is 14.4 Å². The summed E-state index contributed by atoms with van der Waals surface area (Å²) >= 11 is 1.38. The topological polar surface area (TPSA) is 72.5 Å². The van der Waals surface area contributed by atoms with E-state index in [4.69, 9.17) is 4.74 Å². The Hall–Kier alpha value is -2.60. The average molecular weight is 371 g/mol. The van der Waals surface area contributed by atoms with E-state index in [0.29, 0.717) is 11.3 Å². The number of ether oxygens (including phenoxy) is 1. The largest absolute Gasteiger partial charge is 0.455 e. The number of ketones is 1. The van der Waals surface area contributed by atoms with Crippen LogP contribution in [0.25, 0.3) is 0 Å². The van der Waals surface area contributed by atoms with Crippen molar-refractivity contribution in [2.24, 2.45) is 0 Å². The minimum absolute atomic E-state index is 0.127. The highest BCUT2D eigenvalue weighted by atomic mass is 32.2. The van der Waals surface area contributed by atoms with Crippen LogP contribution >= 0.6 is 11.8 Å². The van der Waals surface area contributed by atoms with Crippen molar-refractivity contribution in [1.82, 2.24) is 0 Å². The maximum atomic E-state index is 12.0. The molecular weight excluding hydrogens is 350 g/mol. The number of hydrogen-bond acceptors (Lipinski definition) is 5. The Balaban J connectivity index is 1.83. The van der Waals surface area contributed by atoms with Gasteiger partial charge in [0, 0.05) is 10.5 Å². The van der Waals surface area contributed by atoms with Gasteiger partial charge in [-0.2, -0.15) is 0 Å². The third-order valence-corrected chi connectivity index (χ3v) is 4.76. The first kappa shape index (κ1) is 19.7. The van der Waals surface area contributed by atoms with Crippen molar-refractivity contribution in [2.75, 3.05) is 17.7 Å². The Morgan fingerprint density at radius 1 is 1.08 bits per heavy atom. The summed E-state index contributed by atoms with van der Waals surface area (Å²) in [5.41, 5.74) is 3.03. The molecule has 136 valence electrons. The van der Waals surface area contributed by atoms with Crippen LogP contribution in [0.15, 0.2) is 47.4 Å². The number of carbonyl (C=O) groups is 3. The molecule has 0 aliphatic heterocycles. The first-order valence-corrected chi connectivity index (χ1v) is 9.11. The van der Waals surface area contributed by atoms with Gasteiger partial charge in [-0.3, -0.25) is 14.4 Å². The van der Waals surface area contributed by atoms with Crippen LogP contribution in [0, 0.1) is 13.8 Å². The summed E-state index contributed by atoms with van der Waals surface area (Å²) in [7, 11) is 0. The number of thioether (sulfide) groups is 1. The number of amides is 1. The van der Waals surface area contributed by atoms with Gasteiger partial charge in [-0.05, 0) is 44.5 Å². The fourth-order valence-electron chi connectivity index (χ4n) is 2.27. The lowest BCUT2D eigenvalue weighted by molar-refractivity contribution is -0.144. The lowest BCUT2D eigenvalue weighted by Gasteiger charge is -2.10. The van der Waals surface area contributed by atoms with Crippen LogP contribution in [-0.4, -0.2) is 30.0 Å². The van der Waals surface area contributed by atoms with E-state index in [2.05, 4.69) is 5.32 Å². The maximum Gasteiger partial charge on any atom is 0.316 e. The molecule has 0 unspecified atom stereocenters. The van der Waals surface area contributed by atoms with Gasteiger partial charge in [0.05, 0.1) is 11.4 Å². The van der Waals surface area contributed by atoms with E-state index in [0.717, 1.165) is 16.0 Å². The molecule has 0 saturated carbocycles. The summed E-state index contributed by atoms with van der Waals surface area (Å²) in [6.45, 7) is 5.01. The molecule has 0 aromatic heterocycles. The smallest absolute Gasteiger partial charge is 0.316 e. The Kier molecular flexibility index (Phi) is 6.97. The van der Waals surface area contributed by atoms with Gasteiger partial charge in [-0.15, -0.1) is 11.8 Å². The minimum atomic E-state index is -0.483. The molecule has 0 aliphatic carbocycles. The molecule has 0 fully saturated rings. The second-order valence-corrected chi connectivity index (χ2v) is 6.89. The minimum Gasteiger partial charge on any atom is -0.455 e. The second kappa shape index (κ2) is 9.20. The summed E-state index contributed by atoms with van der Waals surface area (Å²) in [6.07, 6.45) is 0. The lowest BCUT2D eigenvalue weighted by Crippen LogP contribution is -2.22. The normalized spacial score (nSPS) is 10.3. The zero-order valence-corrected chi connectivity index (χ0v) is 15.8. The number of nitrogens with one attached hydrogen (secondary N) is 1. The fourth-order valence-corrected chi connectivity index (χ4v) is 3.19. The Bertz CT molecular complexity index is 832. The van der Waals surface area contributed by atoms with Crippen molar-refractivity contribution in [1.29, 1.82) is 0 Å². The van der Waals surface area contributed by atoms with Gasteiger partial charge < -0.3 is 10.1 Å². The van der Waals surface area contributed by atoms with Gasteiger partial charge in [0.1, 0.15) is 0 Å². The molecule has 0 saturated heterocycles. The third kappa shape index (κ3) is 5.74. The highest BCUT2D eigenvalue weighted by Gasteiger charge is 2.12. The molecule has 0 heterocycles. The van der Waals surface area contributed by atoms with E-state index < -0.39 is 18.5 Å². The number of esters is 1. The molecule has 2 aromatic carbocycles. The van der Waals surface area contributed by atoms with Crippen molar-refractivity contribution in [3.8, 4) is 0 Å². The first-order chi connectivity index (χ1) is 12.4. The number of hydrogen-bond donors (Lipinski definition) is 1. The number of aryl methyl sites for hydroxylation is 2. The van der Waals surface area contributed by atoms with Crippen molar-refractivity contribution in [3.63, 3.8) is 0 Å². The molecule has 0 spiro atoms. The van der Waals surface area contributed by atoms with E-state index in [1.165, 1.54) is 18.7 Å². The molecule has 1 amide bonds. The molecule has 0 atom stereocenters. The van der Waals surface area contributed by atoms with Gasteiger partial charge in [0.15, 0.2) is 12.4 Å². The lowest BCUT2D eigenvalue weighted by atomic mass is 10.1. The van der Waals surface area contributed by atoms with Crippen molar-refractivity contribution in [2.45, 2.75) is 25.7 Å². The number of para-hydroxylation sites is 1. The van der Waals surface area contributed by atoms with Crippen LogP contribution in [0.3, 0.4) is 0 Å². The van der Waals surface area contributed by atoms with Crippen LogP contribution in [0.5, 0.6) is 0 Å². The number of benzene rings is 2. The maximum absolute atomic E-state index is 12.0. The van der Waals surface area contributed by atoms with Gasteiger partial charge in [-0.25, -0.2) is 0 Å². The van der Waals surface area contributed by atoms with E-state index in [-0.39, 0.29) is 11.5 Å². The van der Waals surface area contributed by atoms with Gasteiger partial charge in [-0.1, -0.05) is 29.8 Å². The first-order valence-electron chi connectivity index (χ1n) is 8.12. The van der Waals surface area contributed by atoms with Crippen molar-refractivity contribution >= 4 is 35.1 Å². The van der Waals surface area contributed by atoms with Gasteiger partial charge in [0.25, 0.3) is 5.91 Å². The molecule has 0 bridgehead atoms. The Labute approximate surface area is 157 Å². The predicted octanol–water partition coefficient (Wildman–Crippen LogP) is 3.78. The SMILES string of the molecule is CC(=O)c1ccccc1NC(=O)COC(=O)CSc1cc(C)ccc1C. The second-order valence-electron chi connectivity index (χ2n) is 5.87. The van der Waals surface area contributed by atoms with E-state index in [1.807, 2.05) is 32.0 Å². The van der Waals surface area contributed by atoms with Gasteiger partial charge >= 0.3 is 5.97 Å². The molecule has 0 aliphatic rings. The summed E-state index contributed by atoms with van der Waals surface area (Å²) in [5, 5.41) is 2.59. The molecule has 0 radical (unpaired) electrons. The summed E-state index contributed by atoms with van der Waals surface area (Å²) < 4.78 is 5.01. The Morgan fingerprint density at radius 2 is 1.81 bits per heavy atom. The molecule has 2 aromatic rings. The van der Waals surface area contributed by atoms with Crippen LogP contribution in [0.1, 0.15) is 28.4 Å². The third-order valence-electron chi connectivity index (χ3n) is 3.63. The summed E-state index contributed by atoms with van der Waals surface area (Å²) in [6, 6.07) is 12.7. The zero-order valence-electron chi connectivity index (χ0n) is 15.0. The monoisotopic (exact) mass is 371 g/mol. The average Bonchev–Trinajstić information content (AvgIpc) is 2.61. The molecule has 2 rings (SSSR count). The highest BCUT2D eigenvalue weighted by Crippen LogP contribution is 2.23. The molecular formula is C20H21NO4S. The quantitative estimate of drug-likeness (QED) is 0.456. The molecule has 5 nitrogen and oxygen atoms in total. The number of anilines is 1. The van der Waals surface area contributed by atoms with Crippen LogP contribution in [-0.2, 0) is 14.3 Å². The molecule has 1 N–H and O–H groups in total. The standard InChI is InChI=1S/C20H21NO4S/c1-13-8-9-14(2)18(10-13)26-12-20(24)25-11-19(23)21-17-7-5-4-6-16(17)15(3)22/h4-10H,11-12H2,1-3H3,(H,21,23). The van der Waals surface area contributed by atoms with E-state index >= 15 is 0 Å². The van der Waals surface area contributed by atoms with Crippen LogP contribution in [0.2, 0.25) is 0 Å². The highest BCUT2D eigenvalue weighted by molar-refractivity contribution is 8.00. The van der Waals surface area contributed by atoms with Crippen LogP contribution in [0.4, 0.5) is 5.69 Å². The zero-order chi connectivity index (χ0) is 19.1. The fraction of sp³-hybridized carbons (Fsp3) is 0.250. The molecule has 26 heavy (non-hydrogen) atoms. The van der Waals surface area contributed by atoms with Gasteiger partial charge in [0.2, 0.25) is 0 Å². The van der Waals surface area contributed by atoms with Crippen LogP contribution < -0.4 is 5.32 Å². The van der Waals surface area contributed by atoms with E-state index in [1.54, 1.807) is 24.3 Å². The summed E-state index contributed by atoms with van der Waals surface area (Å²) in [4.78, 5) is 36.4. The number of Topliss-reactive ketones (excluding diaryl/α,β-unsaturated/α-hetero) is 1. The van der Waals surface area contributed by atoms with Crippen molar-refractivity contribution < 1.29 is 19.1 Å². The molecule has 6 heteroatoms. The summed E-state index contributed by atoms with van der Waals surface area (Å²) in [5.74, 6) is -0.973. The van der Waals surface area contributed by atoms with Crippen molar-refractivity contribution in [3.05, 3.63) is 59.2 Å². The predicted molar refractivity (Wildman–Crippen MR) is 103 cm³/mol. The Morgan fingerprint density at radius 3 is 2.54 bits per heavy atom. The number of rotatable bonds is 7. The number of carbonyl (C=O) groups excluding carboxylic acids is 3.